The van der Waals surface area contributed by atoms with E-state index in [0.29, 0.717) is 36.9 Å². The summed E-state index contributed by atoms with van der Waals surface area (Å²) < 4.78 is 27.0. The van der Waals surface area contributed by atoms with Gasteiger partial charge in [-0.2, -0.15) is 4.31 Å². The van der Waals surface area contributed by atoms with Gasteiger partial charge < -0.3 is 10.2 Å². The average molecular weight is 436 g/mol. The normalized spacial score (nSPS) is 21.4. The van der Waals surface area contributed by atoms with Crippen LogP contribution in [-0.2, 0) is 21.2 Å². The largest absolute Gasteiger partial charge is 0.356 e. The SMILES string of the molecule is C[C@@H]1CCCCN1CCCNC(=O)CCc1ccc(S(=O)(=O)N2CCCCC2)cc1. The van der Waals surface area contributed by atoms with E-state index in [2.05, 4.69) is 17.1 Å². The Morgan fingerprint density at radius 3 is 2.43 bits per heavy atom. The van der Waals surface area contributed by atoms with Gasteiger partial charge >= 0.3 is 0 Å². The van der Waals surface area contributed by atoms with Crippen LogP contribution in [0.2, 0.25) is 0 Å². The minimum atomic E-state index is -3.39. The van der Waals surface area contributed by atoms with Crippen LogP contribution in [-0.4, -0.2) is 62.3 Å². The molecule has 2 saturated heterocycles. The highest BCUT2D eigenvalue weighted by Crippen LogP contribution is 2.21. The molecule has 7 heteroatoms. The van der Waals surface area contributed by atoms with Crippen molar-refractivity contribution in [1.82, 2.24) is 14.5 Å². The molecule has 168 valence electrons. The summed E-state index contributed by atoms with van der Waals surface area (Å²) in [6.45, 7) is 6.46. The van der Waals surface area contributed by atoms with Gasteiger partial charge in [-0.15, -0.1) is 0 Å². The molecule has 1 aromatic rings. The molecule has 1 N–H and O–H groups in total. The van der Waals surface area contributed by atoms with Gasteiger partial charge in [0.15, 0.2) is 0 Å². The number of sulfonamides is 1. The third-order valence-electron chi connectivity index (χ3n) is 6.40. The second kappa shape index (κ2) is 11.3. The Bertz CT molecular complexity index is 773. The molecule has 3 rings (SSSR count). The predicted octanol–water partition coefficient (Wildman–Crippen LogP) is 3.17. The van der Waals surface area contributed by atoms with Gasteiger partial charge in [0, 0.05) is 38.6 Å². The van der Waals surface area contributed by atoms with Crippen molar-refractivity contribution in [1.29, 1.82) is 0 Å². The van der Waals surface area contributed by atoms with Crippen LogP contribution < -0.4 is 5.32 Å². The number of amides is 1. The van der Waals surface area contributed by atoms with E-state index in [1.807, 2.05) is 12.1 Å². The highest BCUT2D eigenvalue weighted by atomic mass is 32.2. The number of benzene rings is 1. The molecule has 2 heterocycles. The number of nitrogens with zero attached hydrogens (tertiary/aromatic N) is 2. The molecule has 0 aliphatic carbocycles. The van der Waals surface area contributed by atoms with E-state index in [1.165, 1.54) is 25.8 Å². The molecular formula is C23H37N3O3S. The van der Waals surface area contributed by atoms with Gasteiger partial charge in [0.2, 0.25) is 15.9 Å². The third kappa shape index (κ3) is 6.53. The molecule has 2 aliphatic heterocycles. The van der Waals surface area contributed by atoms with Crippen LogP contribution in [0.15, 0.2) is 29.2 Å². The number of likely N-dealkylation sites (tertiary alicyclic amines) is 1. The second-order valence-corrected chi connectivity index (χ2v) is 10.6. The zero-order valence-corrected chi connectivity index (χ0v) is 19.1. The van der Waals surface area contributed by atoms with E-state index in [9.17, 15) is 13.2 Å². The Labute approximate surface area is 182 Å². The molecule has 0 spiro atoms. The van der Waals surface area contributed by atoms with Crippen LogP contribution in [0.3, 0.4) is 0 Å². The number of piperidine rings is 2. The fourth-order valence-corrected chi connectivity index (χ4v) is 5.95. The van der Waals surface area contributed by atoms with E-state index in [-0.39, 0.29) is 5.91 Å². The topological polar surface area (TPSA) is 69.7 Å². The minimum Gasteiger partial charge on any atom is -0.356 e. The van der Waals surface area contributed by atoms with Crippen molar-refractivity contribution >= 4 is 15.9 Å². The van der Waals surface area contributed by atoms with E-state index in [1.54, 1.807) is 16.4 Å². The fraction of sp³-hybridized carbons (Fsp3) is 0.696. The lowest BCUT2D eigenvalue weighted by Gasteiger charge is -2.33. The standard InChI is InChI=1S/C23H37N3O3S/c1-20-8-3-6-16-25(20)17-7-15-24-23(27)14-11-21-9-12-22(13-10-21)30(28,29)26-18-4-2-5-19-26/h9-10,12-13,20H,2-8,11,14-19H2,1H3,(H,24,27)/t20-/m1/s1. The smallest absolute Gasteiger partial charge is 0.243 e. The first kappa shape index (κ1) is 23.2. The number of hydrogen-bond acceptors (Lipinski definition) is 4. The first-order valence-electron chi connectivity index (χ1n) is 11.6. The van der Waals surface area contributed by atoms with Gasteiger partial charge in [-0.25, -0.2) is 8.42 Å². The maximum Gasteiger partial charge on any atom is 0.243 e. The highest BCUT2D eigenvalue weighted by molar-refractivity contribution is 7.89. The average Bonchev–Trinajstić information content (AvgIpc) is 2.77. The second-order valence-electron chi connectivity index (χ2n) is 8.69. The quantitative estimate of drug-likeness (QED) is 0.605. The van der Waals surface area contributed by atoms with Gasteiger partial charge in [-0.05, 0) is 69.7 Å². The van der Waals surface area contributed by atoms with Crippen LogP contribution in [0.1, 0.15) is 63.9 Å². The van der Waals surface area contributed by atoms with Gasteiger partial charge in [-0.3, -0.25) is 4.79 Å². The number of nitrogens with one attached hydrogen (secondary N) is 1. The van der Waals surface area contributed by atoms with Gasteiger partial charge in [0.05, 0.1) is 4.90 Å². The predicted molar refractivity (Wildman–Crippen MR) is 120 cm³/mol. The van der Waals surface area contributed by atoms with E-state index in [4.69, 9.17) is 0 Å². The van der Waals surface area contributed by atoms with Crippen LogP contribution in [0.5, 0.6) is 0 Å². The number of hydrogen-bond donors (Lipinski definition) is 1. The third-order valence-corrected chi connectivity index (χ3v) is 8.31. The van der Waals surface area contributed by atoms with Crippen molar-refractivity contribution in [2.45, 2.75) is 75.6 Å². The lowest BCUT2D eigenvalue weighted by atomic mass is 10.0. The molecule has 0 bridgehead atoms. The van der Waals surface area contributed by atoms with Crippen molar-refractivity contribution in [2.75, 3.05) is 32.7 Å². The van der Waals surface area contributed by atoms with E-state index < -0.39 is 10.0 Å². The molecule has 1 amide bonds. The molecule has 1 atom stereocenters. The van der Waals surface area contributed by atoms with Crippen molar-refractivity contribution in [3.63, 3.8) is 0 Å². The summed E-state index contributed by atoms with van der Waals surface area (Å²) in [5.74, 6) is 0.0618. The Morgan fingerprint density at radius 2 is 1.73 bits per heavy atom. The molecule has 2 fully saturated rings. The molecule has 2 aliphatic rings. The van der Waals surface area contributed by atoms with Crippen molar-refractivity contribution in [2.24, 2.45) is 0 Å². The monoisotopic (exact) mass is 435 g/mol. The van der Waals surface area contributed by atoms with Crippen LogP contribution in [0, 0.1) is 0 Å². The maximum absolute atomic E-state index is 12.7. The molecular weight excluding hydrogens is 398 g/mol. The summed E-state index contributed by atoms with van der Waals surface area (Å²) in [6, 6.07) is 7.69. The van der Waals surface area contributed by atoms with Gasteiger partial charge in [0.25, 0.3) is 0 Å². The van der Waals surface area contributed by atoms with Crippen LogP contribution in [0.4, 0.5) is 0 Å². The zero-order chi connectivity index (χ0) is 21.4. The molecule has 0 saturated carbocycles. The lowest BCUT2D eigenvalue weighted by Crippen LogP contribution is -2.39. The lowest BCUT2D eigenvalue weighted by molar-refractivity contribution is -0.121. The molecule has 0 radical (unpaired) electrons. The molecule has 30 heavy (non-hydrogen) atoms. The Balaban J connectivity index is 1.37. The number of aryl methyl sites for hydroxylation is 1. The summed E-state index contributed by atoms with van der Waals surface area (Å²) in [5, 5.41) is 3.02. The Kier molecular flexibility index (Phi) is 8.72. The number of rotatable bonds is 9. The van der Waals surface area contributed by atoms with Crippen LogP contribution in [0.25, 0.3) is 0 Å². The fourth-order valence-electron chi connectivity index (χ4n) is 4.43. The summed E-state index contributed by atoms with van der Waals surface area (Å²) in [6.07, 6.45) is 8.91. The van der Waals surface area contributed by atoms with Gasteiger partial charge in [0.1, 0.15) is 0 Å². The van der Waals surface area contributed by atoms with Crippen LogP contribution >= 0.6 is 0 Å². The van der Waals surface area contributed by atoms with Crippen molar-refractivity contribution in [3.05, 3.63) is 29.8 Å². The first-order valence-corrected chi connectivity index (χ1v) is 13.0. The molecule has 0 aromatic heterocycles. The Morgan fingerprint density at radius 1 is 1.03 bits per heavy atom. The summed E-state index contributed by atoms with van der Waals surface area (Å²) in [7, 11) is -3.39. The highest BCUT2D eigenvalue weighted by Gasteiger charge is 2.25. The molecule has 1 aromatic carbocycles. The minimum absolute atomic E-state index is 0.0618. The van der Waals surface area contributed by atoms with Gasteiger partial charge in [-0.1, -0.05) is 25.0 Å². The van der Waals surface area contributed by atoms with Crippen molar-refractivity contribution < 1.29 is 13.2 Å². The van der Waals surface area contributed by atoms with Crippen molar-refractivity contribution in [3.8, 4) is 0 Å². The zero-order valence-electron chi connectivity index (χ0n) is 18.3. The molecule has 6 nitrogen and oxygen atoms in total. The maximum atomic E-state index is 12.7. The van der Waals surface area contributed by atoms with E-state index >= 15 is 0 Å². The number of carbonyl (C=O) groups is 1. The van der Waals surface area contributed by atoms with E-state index in [0.717, 1.165) is 44.3 Å². The summed E-state index contributed by atoms with van der Waals surface area (Å²) in [4.78, 5) is 15.0. The Hall–Kier alpha value is -1.44. The number of carbonyl (C=O) groups excluding carboxylic acids is 1. The molecule has 0 unspecified atom stereocenters. The summed E-state index contributed by atoms with van der Waals surface area (Å²) in [5.41, 5.74) is 0.991. The summed E-state index contributed by atoms with van der Waals surface area (Å²) >= 11 is 0. The first-order chi connectivity index (χ1) is 14.5.